The van der Waals surface area contributed by atoms with Crippen LogP contribution in [0.25, 0.3) is 0 Å². The minimum absolute atomic E-state index is 0.00958. The Kier molecular flexibility index (Phi) is 6.18. The molecule has 0 aliphatic heterocycles. The van der Waals surface area contributed by atoms with Gasteiger partial charge in [0.25, 0.3) is 5.69 Å². The standard InChI is InChI=1S/C13H16N2O5/c1-3-8-19-10(2)14-13(16)20-9-11-4-6-12(7-5-11)15(17)18/h3-7,10H,1,8-9H2,2H3,(H,14,16). The Balaban J connectivity index is 2.37. The second kappa shape index (κ2) is 7.90. The number of ether oxygens (including phenoxy) is 2. The van der Waals surface area contributed by atoms with E-state index in [1.807, 2.05) is 0 Å². The maximum atomic E-state index is 11.4. The number of nitro benzene ring substituents is 1. The van der Waals surface area contributed by atoms with Crippen molar-refractivity contribution in [1.29, 1.82) is 0 Å². The summed E-state index contributed by atoms with van der Waals surface area (Å²) in [6.07, 6.45) is 0.456. The fourth-order valence-corrected chi connectivity index (χ4v) is 1.32. The van der Waals surface area contributed by atoms with Crippen LogP contribution in [0.2, 0.25) is 0 Å². The van der Waals surface area contributed by atoms with Gasteiger partial charge in [-0.2, -0.15) is 0 Å². The van der Waals surface area contributed by atoms with Gasteiger partial charge in [0.05, 0.1) is 11.5 Å². The van der Waals surface area contributed by atoms with Crippen molar-refractivity contribution in [2.75, 3.05) is 6.61 Å². The van der Waals surface area contributed by atoms with Gasteiger partial charge in [0.15, 0.2) is 0 Å². The smallest absolute Gasteiger partial charge is 0.409 e. The number of hydrogen-bond acceptors (Lipinski definition) is 5. The predicted octanol–water partition coefficient (Wildman–Crippen LogP) is 2.37. The first-order chi connectivity index (χ1) is 9.52. The summed E-state index contributed by atoms with van der Waals surface area (Å²) in [4.78, 5) is 21.4. The highest BCUT2D eigenvalue weighted by Gasteiger charge is 2.09. The highest BCUT2D eigenvalue weighted by molar-refractivity contribution is 5.67. The third-order valence-electron chi connectivity index (χ3n) is 2.30. The Bertz CT molecular complexity index is 472. The summed E-state index contributed by atoms with van der Waals surface area (Å²) in [6.45, 7) is 5.50. The van der Waals surface area contributed by atoms with Crippen molar-refractivity contribution in [3.05, 3.63) is 52.6 Å². The number of hydrogen-bond donors (Lipinski definition) is 1. The molecule has 0 fully saturated rings. The molecule has 1 unspecified atom stereocenters. The van der Waals surface area contributed by atoms with Gasteiger partial charge in [-0.25, -0.2) is 4.79 Å². The summed E-state index contributed by atoms with van der Waals surface area (Å²) in [7, 11) is 0. The Labute approximate surface area is 116 Å². The van der Waals surface area contributed by atoms with Crippen LogP contribution < -0.4 is 5.32 Å². The molecule has 7 nitrogen and oxygen atoms in total. The first-order valence-electron chi connectivity index (χ1n) is 5.92. The molecule has 0 saturated heterocycles. The van der Waals surface area contributed by atoms with Gasteiger partial charge in [0, 0.05) is 12.1 Å². The lowest BCUT2D eigenvalue weighted by Crippen LogP contribution is -2.34. The molecule has 0 heterocycles. The molecule has 0 saturated carbocycles. The monoisotopic (exact) mass is 280 g/mol. The second-order valence-corrected chi connectivity index (χ2v) is 3.91. The van der Waals surface area contributed by atoms with Gasteiger partial charge in [-0.05, 0) is 24.6 Å². The van der Waals surface area contributed by atoms with Crippen molar-refractivity contribution in [3.63, 3.8) is 0 Å². The molecule has 0 bridgehead atoms. The number of non-ortho nitro benzene ring substituents is 1. The van der Waals surface area contributed by atoms with Crippen molar-refractivity contribution in [3.8, 4) is 0 Å². The molecule has 1 amide bonds. The number of alkyl carbamates (subject to hydrolysis) is 1. The van der Waals surface area contributed by atoms with E-state index in [1.54, 1.807) is 13.0 Å². The number of carbonyl (C=O) groups is 1. The number of benzene rings is 1. The van der Waals surface area contributed by atoms with Crippen LogP contribution in [0.4, 0.5) is 10.5 Å². The van der Waals surface area contributed by atoms with E-state index in [0.717, 1.165) is 0 Å². The molecule has 1 N–H and O–H groups in total. The van der Waals surface area contributed by atoms with Crippen molar-refractivity contribution < 1.29 is 19.2 Å². The molecular formula is C13H16N2O5. The predicted molar refractivity (Wildman–Crippen MR) is 72.0 cm³/mol. The van der Waals surface area contributed by atoms with Crippen molar-refractivity contribution in [1.82, 2.24) is 5.32 Å². The van der Waals surface area contributed by atoms with Crippen LogP contribution in [0.3, 0.4) is 0 Å². The average Bonchev–Trinajstić information content (AvgIpc) is 2.43. The van der Waals surface area contributed by atoms with Crippen LogP contribution in [-0.4, -0.2) is 23.9 Å². The number of nitrogens with zero attached hydrogens (tertiary/aromatic N) is 1. The van der Waals surface area contributed by atoms with Crippen LogP contribution in [-0.2, 0) is 16.1 Å². The maximum absolute atomic E-state index is 11.4. The fraction of sp³-hybridized carbons (Fsp3) is 0.308. The summed E-state index contributed by atoms with van der Waals surface area (Å²) in [5.41, 5.74) is 0.648. The number of rotatable bonds is 7. The molecular weight excluding hydrogens is 264 g/mol. The van der Waals surface area contributed by atoms with Gasteiger partial charge < -0.3 is 9.47 Å². The first-order valence-corrected chi connectivity index (χ1v) is 5.92. The van der Waals surface area contributed by atoms with E-state index in [4.69, 9.17) is 9.47 Å². The second-order valence-electron chi connectivity index (χ2n) is 3.91. The molecule has 1 rings (SSSR count). The third-order valence-corrected chi connectivity index (χ3v) is 2.30. The number of amides is 1. The number of carbonyl (C=O) groups excluding carboxylic acids is 1. The molecule has 0 aliphatic rings. The van der Waals surface area contributed by atoms with Crippen molar-refractivity contribution in [2.24, 2.45) is 0 Å². The van der Waals surface area contributed by atoms with Gasteiger partial charge in [-0.15, -0.1) is 6.58 Å². The van der Waals surface area contributed by atoms with Gasteiger partial charge in [-0.3, -0.25) is 15.4 Å². The summed E-state index contributed by atoms with van der Waals surface area (Å²) in [5, 5.41) is 13.0. The zero-order valence-corrected chi connectivity index (χ0v) is 11.1. The third kappa shape index (κ3) is 5.49. The van der Waals surface area contributed by atoms with Gasteiger partial charge in [-0.1, -0.05) is 6.08 Å². The van der Waals surface area contributed by atoms with Gasteiger partial charge in [0.2, 0.25) is 0 Å². The lowest BCUT2D eigenvalue weighted by Gasteiger charge is -2.13. The molecule has 1 aromatic carbocycles. The number of nitro groups is 1. The normalized spacial score (nSPS) is 11.4. The van der Waals surface area contributed by atoms with Crippen LogP contribution in [0.1, 0.15) is 12.5 Å². The van der Waals surface area contributed by atoms with Crippen LogP contribution >= 0.6 is 0 Å². The quantitative estimate of drug-likeness (QED) is 0.358. The first kappa shape index (κ1) is 15.6. The molecule has 7 heteroatoms. The summed E-state index contributed by atoms with van der Waals surface area (Å²) < 4.78 is 10.1. The number of nitrogens with one attached hydrogen (secondary N) is 1. The molecule has 108 valence electrons. The molecule has 1 aromatic rings. The maximum Gasteiger partial charge on any atom is 0.409 e. The lowest BCUT2D eigenvalue weighted by molar-refractivity contribution is -0.384. The summed E-state index contributed by atoms with van der Waals surface area (Å²) >= 11 is 0. The minimum Gasteiger partial charge on any atom is -0.445 e. The van der Waals surface area contributed by atoms with E-state index < -0.39 is 17.2 Å². The van der Waals surface area contributed by atoms with Crippen LogP contribution in [0.5, 0.6) is 0 Å². The van der Waals surface area contributed by atoms with Crippen molar-refractivity contribution >= 4 is 11.8 Å². The topological polar surface area (TPSA) is 90.7 Å². The average molecular weight is 280 g/mol. The highest BCUT2D eigenvalue weighted by atomic mass is 16.6. The summed E-state index contributed by atoms with van der Waals surface area (Å²) in [6, 6.07) is 5.77. The SMILES string of the molecule is C=CCOC(C)NC(=O)OCc1ccc([N+](=O)[O-])cc1. The fourth-order valence-electron chi connectivity index (χ4n) is 1.32. The zero-order chi connectivity index (χ0) is 15.0. The van der Waals surface area contributed by atoms with Gasteiger partial charge in [0.1, 0.15) is 12.8 Å². The minimum atomic E-state index is -0.625. The Morgan fingerprint density at radius 2 is 2.15 bits per heavy atom. The molecule has 0 aromatic heterocycles. The summed E-state index contributed by atoms with van der Waals surface area (Å²) in [5.74, 6) is 0. The molecule has 20 heavy (non-hydrogen) atoms. The van der Waals surface area contributed by atoms with E-state index >= 15 is 0 Å². The van der Waals surface area contributed by atoms with Crippen molar-refractivity contribution in [2.45, 2.75) is 19.8 Å². The van der Waals surface area contributed by atoms with E-state index in [9.17, 15) is 14.9 Å². The van der Waals surface area contributed by atoms with E-state index in [-0.39, 0.29) is 12.3 Å². The molecule has 0 aliphatic carbocycles. The Morgan fingerprint density at radius 1 is 1.50 bits per heavy atom. The van der Waals surface area contributed by atoms with Crippen LogP contribution in [0, 0.1) is 10.1 Å². The highest BCUT2D eigenvalue weighted by Crippen LogP contribution is 2.12. The largest absolute Gasteiger partial charge is 0.445 e. The van der Waals surface area contributed by atoms with E-state index in [2.05, 4.69) is 11.9 Å². The Morgan fingerprint density at radius 3 is 2.70 bits per heavy atom. The molecule has 0 spiro atoms. The van der Waals surface area contributed by atoms with E-state index in [1.165, 1.54) is 24.3 Å². The lowest BCUT2D eigenvalue weighted by atomic mass is 10.2. The Hall–Kier alpha value is -2.41. The van der Waals surface area contributed by atoms with E-state index in [0.29, 0.717) is 12.2 Å². The molecule has 0 radical (unpaired) electrons. The van der Waals surface area contributed by atoms with Crippen LogP contribution in [0.15, 0.2) is 36.9 Å². The molecule has 1 atom stereocenters. The van der Waals surface area contributed by atoms with Gasteiger partial charge >= 0.3 is 6.09 Å². The zero-order valence-electron chi connectivity index (χ0n) is 11.1.